The molecule has 2 aromatic rings. The van der Waals surface area contributed by atoms with Crippen molar-refractivity contribution in [2.45, 2.75) is 57.5 Å². The van der Waals surface area contributed by atoms with Gasteiger partial charge >= 0.3 is 0 Å². The lowest BCUT2D eigenvalue weighted by Crippen LogP contribution is -2.27. The summed E-state index contributed by atoms with van der Waals surface area (Å²) >= 11 is 0. The third kappa shape index (κ3) is 3.33. The van der Waals surface area contributed by atoms with E-state index < -0.39 is 0 Å². The zero-order valence-corrected chi connectivity index (χ0v) is 14.5. The zero-order chi connectivity index (χ0) is 17.4. The highest BCUT2D eigenvalue weighted by atomic mass is 16.5. The van der Waals surface area contributed by atoms with Gasteiger partial charge in [-0.05, 0) is 31.7 Å². The van der Waals surface area contributed by atoms with Gasteiger partial charge in [-0.2, -0.15) is 4.98 Å². The second kappa shape index (κ2) is 6.42. The summed E-state index contributed by atoms with van der Waals surface area (Å²) in [4.78, 5) is 27.5. The summed E-state index contributed by atoms with van der Waals surface area (Å²) in [5, 5.41) is 6.74. The van der Waals surface area contributed by atoms with E-state index in [0.717, 1.165) is 43.9 Å². The van der Waals surface area contributed by atoms with Crippen molar-refractivity contribution in [1.29, 1.82) is 0 Å². The summed E-state index contributed by atoms with van der Waals surface area (Å²) in [6.07, 6.45) is 5.75. The summed E-state index contributed by atoms with van der Waals surface area (Å²) in [5.74, 6) is 2.28. The molecule has 4 rings (SSSR count). The van der Waals surface area contributed by atoms with Crippen LogP contribution in [0.5, 0.6) is 0 Å². The molecule has 0 unspecified atom stereocenters. The molecule has 8 nitrogen and oxygen atoms in total. The number of anilines is 1. The van der Waals surface area contributed by atoms with Gasteiger partial charge in [0.1, 0.15) is 17.7 Å². The van der Waals surface area contributed by atoms with Gasteiger partial charge in [-0.3, -0.25) is 4.79 Å². The minimum Gasteiger partial charge on any atom is -0.346 e. The van der Waals surface area contributed by atoms with Crippen LogP contribution in [-0.4, -0.2) is 38.6 Å². The van der Waals surface area contributed by atoms with Crippen molar-refractivity contribution in [3.8, 4) is 0 Å². The van der Waals surface area contributed by atoms with Crippen molar-refractivity contribution in [1.82, 2.24) is 25.4 Å². The predicted octanol–water partition coefficient (Wildman–Crippen LogP) is 2.22. The molecule has 1 aliphatic carbocycles. The summed E-state index contributed by atoms with van der Waals surface area (Å²) in [7, 11) is 0. The van der Waals surface area contributed by atoms with Gasteiger partial charge in [0.25, 0.3) is 11.7 Å². The molecular weight excluding hydrogens is 320 g/mol. The Morgan fingerprint density at radius 3 is 2.92 bits per heavy atom. The Labute approximate surface area is 146 Å². The molecule has 1 atom stereocenters. The summed E-state index contributed by atoms with van der Waals surface area (Å²) in [6.45, 7) is 5.01. The number of aromatic nitrogens is 4. The van der Waals surface area contributed by atoms with Crippen LogP contribution >= 0.6 is 0 Å². The van der Waals surface area contributed by atoms with E-state index >= 15 is 0 Å². The second-order valence-corrected chi connectivity index (χ2v) is 6.98. The average molecular weight is 342 g/mol. The number of rotatable bonds is 5. The number of nitrogens with zero attached hydrogens (tertiary/aromatic N) is 5. The summed E-state index contributed by atoms with van der Waals surface area (Å²) in [5.41, 5.74) is 0. The quantitative estimate of drug-likeness (QED) is 0.889. The Bertz CT molecular complexity index is 770. The molecule has 0 spiro atoms. The Morgan fingerprint density at radius 2 is 2.16 bits per heavy atom. The highest BCUT2D eigenvalue weighted by molar-refractivity contribution is 5.90. The van der Waals surface area contributed by atoms with Gasteiger partial charge < -0.3 is 14.7 Å². The lowest BCUT2D eigenvalue weighted by atomic mass is 10.2. The van der Waals surface area contributed by atoms with E-state index in [-0.39, 0.29) is 29.7 Å². The van der Waals surface area contributed by atoms with Crippen molar-refractivity contribution >= 4 is 11.7 Å². The molecule has 1 amide bonds. The molecule has 0 bridgehead atoms. The van der Waals surface area contributed by atoms with Crippen molar-refractivity contribution < 1.29 is 9.32 Å². The maximum Gasteiger partial charge on any atom is 0.292 e. The summed E-state index contributed by atoms with van der Waals surface area (Å²) in [6, 6.07) is 2.12. The highest BCUT2D eigenvalue weighted by Crippen LogP contribution is 2.34. The number of carbonyl (C=O) groups excluding carboxylic acids is 1. The van der Waals surface area contributed by atoms with E-state index in [9.17, 15) is 4.79 Å². The molecule has 1 saturated carbocycles. The summed E-state index contributed by atoms with van der Waals surface area (Å²) < 4.78 is 5.39. The van der Waals surface area contributed by atoms with E-state index in [1.165, 1.54) is 0 Å². The smallest absolute Gasteiger partial charge is 0.292 e. The normalized spacial score (nSPS) is 20.3. The van der Waals surface area contributed by atoms with Gasteiger partial charge in [-0.25, -0.2) is 9.97 Å². The van der Waals surface area contributed by atoms with E-state index in [0.29, 0.717) is 5.89 Å². The topological polar surface area (TPSA) is 97.0 Å². The van der Waals surface area contributed by atoms with Crippen LogP contribution in [0.2, 0.25) is 0 Å². The molecule has 0 radical (unpaired) electrons. The fourth-order valence-electron chi connectivity index (χ4n) is 3.04. The van der Waals surface area contributed by atoms with Gasteiger partial charge in [-0.15, -0.1) is 0 Å². The molecule has 0 aromatic carbocycles. The van der Waals surface area contributed by atoms with Gasteiger partial charge in [0.2, 0.25) is 5.89 Å². The lowest BCUT2D eigenvalue weighted by Gasteiger charge is -2.23. The van der Waals surface area contributed by atoms with E-state index in [1.807, 2.05) is 6.07 Å². The molecule has 1 N–H and O–H groups in total. The molecule has 2 aromatic heterocycles. The highest BCUT2D eigenvalue weighted by Gasteiger charge is 2.33. The largest absolute Gasteiger partial charge is 0.346 e. The van der Waals surface area contributed by atoms with Gasteiger partial charge in [-0.1, -0.05) is 19.0 Å². The first kappa shape index (κ1) is 16.0. The average Bonchev–Trinajstić information content (AvgIpc) is 3.12. The molecular formula is C17H22N6O2. The van der Waals surface area contributed by atoms with E-state index in [2.05, 4.69) is 44.2 Å². The van der Waals surface area contributed by atoms with Crippen molar-refractivity contribution in [3.05, 3.63) is 29.8 Å². The Balaban J connectivity index is 1.54. The number of amides is 1. The first-order valence-electron chi connectivity index (χ1n) is 8.86. The molecule has 132 valence electrons. The van der Waals surface area contributed by atoms with Gasteiger partial charge in [0, 0.05) is 24.7 Å². The maximum absolute atomic E-state index is 12.1. The molecule has 1 saturated heterocycles. The Kier molecular flexibility index (Phi) is 4.10. The first-order valence-corrected chi connectivity index (χ1v) is 8.86. The Hall–Kier alpha value is -2.51. The van der Waals surface area contributed by atoms with Crippen molar-refractivity contribution in [2.24, 2.45) is 0 Å². The molecule has 25 heavy (non-hydrogen) atoms. The molecule has 2 fully saturated rings. The predicted molar refractivity (Wildman–Crippen MR) is 90.2 cm³/mol. The maximum atomic E-state index is 12.1. The van der Waals surface area contributed by atoms with Crippen LogP contribution in [-0.2, 0) is 0 Å². The fourth-order valence-corrected chi connectivity index (χ4v) is 3.04. The number of hydrogen-bond acceptors (Lipinski definition) is 7. The third-order valence-corrected chi connectivity index (χ3v) is 4.57. The SMILES string of the molecule is CC(C)c1nccc(N2CCC[C@@H]2c2nc(C(=O)NC3CC3)no2)n1. The second-order valence-electron chi connectivity index (χ2n) is 6.98. The number of nitrogens with one attached hydrogen (secondary N) is 1. The van der Waals surface area contributed by atoms with Crippen LogP contribution in [0.1, 0.15) is 73.8 Å². The van der Waals surface area contributed by atoms with Crippen LogP contribution in [0.25, 0.3) is 0 Å². The standard InChI is InChI=1S/C17H22N6O2/c1-10(2)14-18-8-7-13(20-14)23-9-3-4-12(23)17-21-15(22-25-17)16(24)19-11-5-6-11/h7-8,10-12H,3-6,9H2,1-2H3,(H,19,24)/t12-/m1/s1. The van der Waals surface area contributed by atoms with Gasteiger partial charge in [0.15, 0.2) is 0 Å². The molecule has 1 aliphatic heterocycles. The molecule has 8 heteroatoms. The minimum atomic E-state index is -0.258. The van der Waals surface area contributed by atoms with Crippen LogP contribution in [0, 0.1) is 0 Å². The minimum absolute atomic E-state index is 0.0510. The van der Waals surface area contributed by atoms with E-state index in [4.69, 9.17) is 4.52 Å². The third-order valence-electron chi connectivity index (χ3n) is 4.57. The van der Waals surface area contributed by atoms with Crippen LogP contribution < -0.4 is 10.2 Å². The lowest BCUT2D eigenvalue weighted by molar-refractivity contribution is 0.0937. The molecule has 3 heterocycles. The fraction of sp³-hybridized carbons (Fsp3) is 0.588. The number of carbonyl (C=O) groups is 1. The Morgan fingerprint density at radius 1 is 1.32 bits per heavy atom. The van der Waals surface area contributed by atoms with Gasteiger partial charge in [0.05, 0.1) is 0 Å². The van der Waals surface area contributed by atoms with Crippen LogP contribution in [0.15, 0.2) is 16.8 Å². The number of hydrogen-bond donors (Lipinski definition) is 1. The van der Waals surface area contributed by atoms with E-state index in [1.54, 1.807) is 6.20 Å². The van der Waals surface area contributed by atoms with Crippen molar-refractivity contribution in [3.63, 3.8) is 0 Å². The first-order chi connectivity index (χ1) is 12.1. The monoisotopic (exact) mass is 342 g/mol. The van der Waals surface area contributed by atoms with Crippen LogP contribution in [0.3, 0.4) is 0 Å². The molecule has 2 aliphatic rings. The zero-order valence-electron chi connectivity index (χ0n) is 14.5. The van der Waals surface area contributed by atoms with Crippen LogP contribution in [0.4, 0.5) is 5.82 Å². The van der Waals surface area contributed by atoms with Crippen molar-refractivity contribution in [2.75, 3.05) is 11.4 Å².